The first kappa shape index (κ1) is 21.1. The number of aromatic nitrogens is 1. The van der Waals surface area contributed by atoms with Crippen LogP contribution in [-0.2, 0) is 4.79 Å². The largest absolute Gasteiger partial charge is 0.325 e. The molecule has 0 radical (unpaired) electrons. The number of benzene rings is 3. The summed E-state index contributed by atoms with van der Waals surface area (Å²) in [5.74, 6) is 0.0704. The Morgan fingerprint density at radius 3 is 2.42 bits per heavy atom. The molecule has 2 amide bonds. The Morgan fingerprint density at radius 1 is 0.903 bits per heavy atom. The number of amides is 2. The molecule has 0 aliphatic heterocycles. The Hall–Kier alpha value is -3.16. The van der Waals surface area contributed by atoms with Crippen molar-refractivity contribution in [2.24, 2.45) is 0 Å². The minimum Gasteiger partial charge on any atom is -0.325 e. The summed E-state index contributed by atoms with van der Waals surface area (Å²) in [4.78, 5) is 29.3. The van der Waals surface area contributed by atoms with Gasteiger partial charge in [-0.1, -0.05) is 41.6 Å². The molecule has 1 aromatic heterocycles. The monoisotopic (exact) mass is 447 g/mol. The van der Waals surface area contributed by atoms with Gasteiger partial charge < -0.3 is 10.6 Å². The predicted octanol–water partition coefficient (Wildman–Crippen LogP) is 5.90. The maximum atomic E-state index is 12.5. The summed E-state index contributed by atoms with van der Waals surface area (Å²) in [6, 6.07) is 20.8. The van der Waals surface area contributed by atoms with E-state index in [1.54, 1.807) is 6.07 Å². The fraction of sp³-hybridized carbons (Fsp3) is 0.125. The van der Waals surface area contributed by atoms with Crippen LogP contribution in [0.1, 0.15) is 21.5 Å². The lowest BCUT2D eigenvalue weighted by atomic mass is 10.1. The summed E-state index contributed by atoms with van der Waals surface area (Å²) in [7, 11) is 0. The lowest BCUT2D eigenvalue weighted by molar-refractivity contribution is -0.113. The van der Waals surface area contributed by atoms with Crippen LogP contribution in [0.5, 0.6) is 0 Å². The highest BCUT2D eigenvalue weighted by atomic mass is 32.2. The van der Waals surface area contributed by atoms with Gasteiger partial charge in [0.25, 0.3) is 5.91 Å². The number of thioether (sulfide) groups is 1. The van der Waals surface area contributed by atoms with Crippen LogP contribution in [0.25, 0.3) is 10.2 Å². The Labute approximate surface area is 188 Å². The molecule has 31 heavy (non-hydrogen) atoms. The van der Waals surface area contributed by atoms with Gasteiger partial charge in [0.1, 0.15) is 0 Å². The molecule has 0 aliphatic carbocycles. The summed E-state index contributed by atoms with van der Waals surface area (Å²) in [5, 5.41) is 5.84. The summed E-state index contributed by atoms with van der Waals surface area (Å²) < 4.78 is 1.78. The Balaban J connectivity index is 1.39. The Morgan fingerprint density at radius 2 is 1.65 bits per heavy atom. The molecule has 3 aromatic carbocycles. The first-order valence-electron chi connectivity index (χ1n) is 9.74. The molecule has 7 heteroatoms. The Bertz CT molecular complexity index is 1270. The van der Waals surface area contributed by atoms with E-state index >= 15 is 0 Å². The third kappa shape index (κ3) is 5.51. The highest BCUT2D eigenvalue weighted by Crippen LogP contribution is 2.31. The second-order valence-corrected chi connectivity index (χ2v) is 9.45. The van der Waals surface area contributed by atoms with Crippen LogP contribution in [0.2, 0.25) is 0 Å². The van der Waals surface area contributed by atoms with Crippen LogP contribution >= 0.6 is 23.1 Å². The molecule has 4 rings (SSSR count). The van der Waals surface area contributed by atoms with Gasteiger partial charge in [-0.15, -0.1) is 11.3 Å². The first-order valence-corrected chi connectivity index (χ1v) is 11.5. The molecule has 156 valence electrons. The second kappa shape index (κ2) is 9.32. The van der Waals surface area contributed by atoms with Crippen LogP contribution in [0.15, 0.2) is 71.1 Å². The molecule has 5 nitrogen and oxygen atoms in total. The molecular weight excluding hydrogens is 426 g/mol. The highest BCUT2D eigenvalue weighted by Gasteiger charge is 2.11. The summed E-state index contributed by atoms with van der Waals surface area (Å²) in [6.07, 6.45) is 0. The number of fused-ring (bicyclic) bond motifs is 1. The molecule has 0 unspecified atom stereocenters. The normalized spacial score (nSPS) is 10.8. The number of carbonyl (C=O) groups is 2. The number of rotatable bonds is 6. The van der Waals surface area contributed by atoms with Crippen LogP contribution in [0.4, 0.5) is 11.4 Å². The van der Waals surface area contributed by atoms with Crippen LogP contribution in [0.3, 0.4) is 0 Å². The molecule has 0 fully saturated rings. The number of thiazole rings is 1. The number of anilines is 2. The van der Waals surface area contributed by atoms with E-state index < -0.39 is 0 Å². The van der Waals surface area contributed by atoms with Crippen molar-refractivity contribution in [3.05, 3.63) is 83.4 Å². The van der Waals surface area contributed by atoms with Gasteiger partial charge in [-0.3, -0.25) is 9.59 Å². The van der Waals surface area contributed by atoms with Crippen LogP contribution in [-0.4, -0.2) is 22.6 Å². The van der Waals surface area contributed by atoms with E-state index in [1.165, 1.54) is 23.1 Å². The van der Waals surface area contributed by atoms with Crippen molar-refractivity contribution in [3.8, 4) is 0 Å². The molecule has 1 heterocycles. The van der Waals surface area contributed by atoms with Gasteiger partial charge in [-0.05, 0) is 61.9 Å². The third-order valence-corrected chi connectivity index (χ3v) is 6.70. The van der Waals surface area contributed by atoms with Gasteiger partial charge in [0.15, 0.2) is 4.34 Å². The second-order valence-electron chi connectivity index (χ2n) is 7.19. The summed E-state index contributed by atoms with van der Waals surface area (Å²) >= 11 is 2.91. The summed E-state index contributed by atoms with van der Waals surface area (Å²) in [5.41, 5.74) is 5.13. The third-order valence-electron chi connectivity index (χ3n) is 4.54. The Kier molecular flexibility index (Phi) is 6.34. The van der Waals surface area contributed by atoms with Gasteiger partial charge in [-0.25, -0.2) is 4.98 Å². The minimum absolute atomic E-state index is 0.0686. The molecule has 0 spiro atoms. The molecule has 0 saturated heterocycles. The van der Waals surface area contributed by atoms with Crippen molar-refractivity contribution in [2.45, 2.75) is 18.2 Å². The molecular formula is C24H21N3O2S2. The lowest BCUT2D eigenvalue weighted by Gasteiger charge is -2.05. The zero-order chi connectivity index (χ0) is 21.8. The van der Waals surface area contributed by atoms with Crippen molar-refractivity contribution in [2.75, 3.05) is 16.4 Å². The van der Waals surface area contributed by atoms with Crippen molar-refractivity contribution >= 4 is 56.5 Å². The fourth-order valence-electron chi connectivity index (χ4n) is 3.08. The van der Waals surface area contributed by atoms with E-state index in [4.69, 9.17) is 0 Å². The topological polar surface area (TPSA) is 71.1 Å². The number of nitrogens with one attached hydrogen (secondary N) is 2. The van der Waals surface area contributed by atoms with Gasteiger partial charge in [-0.2, -0.15) is 0 Å². The minimum atomic E-state index is -0.144. The SMILES string of the molecule is Cc1cccc(NC(=O)CSc2nc3ccc(NC(=O)c4cccc(C)c4)cc3s2)c1. The van der Waals surface area contributed by atoms with Gasteiger partial charge >= 0.3 is 0 Å². The van der Waals surface area contributed by atoms with Gasteiger partial charge in [0.2, 0.25) is 5.91 Å². The zero-order valence-corrected chi connectivity index (χ0v) is 18.8. The van der Waals surface area contributed by atoms with E-state index in [-0.39, 0.29) is 17.6 Å². The first-order chi connectivity index (χ1) is 15.0. The van der Waals surface area contributed by atoms with Gasteiger partial charge in [0.05, 0.1) is 16.0 Å². The van der Waals surface area contributed by atoms with Crippen molar-refractivity contribution < 1.29 is 9.59 Å². The van der Waals surface area contributed by atoms with Crippen LogP contribution in [0, 0.1) is 13.8 Å². The zero-order valence-electron chi connectivity index (χ0n) is 17.1. The molecule has 0 aliphatic rings. The number of hydrogen-bond acceptors (Lipinski definition) is 5. The van der Waals surface area contributed by atoms with Crippen molar-refractivity contribution in [1.29, 1.82) is 0 Å². The molecule has 0 bridgehead atoms. The average molecular weight is 448 g/mol. The lowest BCUT2D eigenvalue weighted by Crippen LogP contribution is -2.13. The van der Waals surface area contributed by atoms with E-state index in [0.29, 0.717) is 5.56 Å². The number of nitrogens with zero attached hydrogens (tertiary/aromatic N) is 1. The molecule has 0 atom stereocenters. The van der Waals surface area contributed by atoms with E-state index in [0.717, 1.165) is 37.1 Å². The predicted molar refractivity (Wildman–Crippen MR) is 129 cm³/mol. The average Bonchev–Trinajstić information content (AvgIpc) is 3.14. The van der Waals surface area contributed by atoms with Crippen molar-refractivity contribution in [3.63, 3.8) is 0 Å². The van der Waals surface area contributed by atoms with E-state index in [1.807, 2.05) is 74.5 Å². The quantitative estimate of drug-likeness (QED) is 0.361. The van der Waals surface area contributed by atoms with Crippen molar-refractivity contribution in [1.82, 2.24) is 4.98 Å². The number of carbonyl (C=O) groups excluding carboxylic acids is 2. The smallest absolute Gasteiger partial charge is 0.255 e. The van der Waals surface area contributed by atoms with Gasteiger partial charge in [0, 0.05) is 16.9 Å². The number of aryl methyl sites for hydroxylation is 2. The highest BCUT2D eigenvalue weighted by molar-refractivity contribution is 8.01. The molecule has 2 N–H and O–H groups in total. The maximum absolute atomic E-state index is 12.5. The summed E-state index contributed by atoms with van der Waals surface area (Å²) in [6.45, 7) is 3.95. The molecule has 4 aromatic rings. The standard InChI is InChI=1S/C24H21N3O2S2/c1-15-5-3-7-17(11-15)23(29)26-19-9-10-20-21(13-19)31-24(27-20)30-14-22(28)25-18-8-4-6-16(2)12-18/h3-13H,14H2,1-2H3,(H,25,28)(H,26,29). The van der Waals surface area contributed by atoms with Crippen LogP contribution < -0.4 is 10.6 Å². The van der Waals surface area contributed by atoms with E-state index in [2.05, 4.69) is 15.6 Å². The maximum Gasteiger partial charge on any atom is 0.255 e. The molecule has 0 saturated carbocycles. The fourth-order valence-corrected chi connectivity index (χ4v) is 4.99. The van der Waals surface area contributed by atoms with E-state index in [9.17, 15) is 9.59 Å². The number of hydrogen-bond donors (Lipinski definition) is 2.